The van der Waals surface area contributed by atoms with Crippen molar-refractivity contribution in [1.29, 1.82) is 0 Å². The smallest absolute Gasteiger partial charge is 0.272 e. The van der Waals surface area contributed by atoms with Crippen LogP contribution >= 0.6 is 11.6 Å². The quantitative estimate of drug-likeness (QED) is 0.671. The number of nitrogens with one attached hydrogen (secondary N) is 1. The lowest BCUT2D eigenvalue weighted by Gasteiger charge is -2.17. The zero-order chi connectivity index (χ0) is 19.1. The molecule has 2 heterocycles. The molecule has 1 N–H and O–H groups in total. The highest BCUT2D eigenvalue weighted by Gasteiger charge is 2.13. The van der Waals surface area contributed by atoms with Crippen molar-refractivity contribution in [2.45, 2.75) is 13.0 Å². The van der Waals surface area contributed by atoms with Crippen LogP contribution in [0.25, 0.3) is 0 Å². The summed E-state index contributed by atoms with van der Waals surface area (Å²) >= 11 is 6.16. The molecule has 27 heavy (non-hydrogen) atoms. The maximum atomic E-state index is 12.5. The third-order valence-corrected chi connectivity index (χ3v) is 4.62. The maximum absolute atomic E-state index is 12.5. The summed E-state index contributed by atoms with van der Waals surface area (Å²) in [4.78, 5) is 22.5. The van der Waals surface area contributed by atoms with Gasteiger partial charge in [-0.3, -0.25) is 9.78 Å². The van der Waals surface area contributed by atoms with Crippen molar-refractivity contribution in [3.8, 4) is 0 Å². The molecule has 6 heteroatoms. The summed E-state index contributed by atoms with van der Waals surface area (Å²) in [6, 6.07) is 15.2. The largest absolute Gasteiger partial charge is 0.380 e. The summed E-state index contributed by atoms with van der Waals surface area (Å²) in [5, 5.41) is 3.99. The van der Waals surface area contributed by atoms with Crippen molar-refractivity contribution in [3.05, 3.63) is 89.0 Å². The standard InChI is InChI=1S/C21H21ClN4O/c1-26(13-10-16-8-11-23-12-9-16)21(27)20-7-6-18(15-25-20)24-14-17-4-2-3-5-19(17)22/h2-9,11-12,15,24H,10,13-14H2,1H3. The van der Waals surface area contributed by atoms with Gasteiger partial charge in [0.15, 0.2) is 0 Å². The number of anilines is 1. The van der Waals surface area contributed by atoms with E-state index < -0.39 is 0 Å². The second kappa shape index (κ2) is 9.14. The molecule has 5 nitrogen and oxygen atoms in total. The molecule has 0 radical (unpaired) electrons. The van der Waals surface area contributed by atoms with Gasteiger partial charge >= 0.3 is 0 Å². The van der Waals surface area contributed by atoms with Gasteiger partial charge in [-0.15, -0.1) is 0 Å². The Morgan fingerprint density at radius 2 is 1.89 bits per heavy atom. The number of amides is 1. The van der Waals surface area contributed by atoms with Crippen molar-refractivity contribution < 1.29 is 4.79 Å². The van der Waals surface area contributed by atoms with E-state index in [2.05, 4.69) is 15.3 Å². The third kappa shape index (κ3) is 5.28. The highest BCUT2D eigenvalue weighted by Crippen LogP contribution is 2.17. The molecule has 0 saturated carbocycles. The van der Waals surface area contributed by atoms with Crippen LogP contribution in [0.4, 0.5) is 5.69 Å². The topological polar surface area (TPSA) is 58.1 Å². The minimum Gasteiger partial charge on any atom is -0.380 e. The van der Waals surface area contributed by atoms with Crippen molar-refractivity contribution in [2.24, 2.45) is 0 Å². The minimum absolute atomic E-state index is 0.0956. The molecule has 0 aliphatic rings. The van der Waals surface area contributed by atoms with E-state index in [-0.39, 0.29) is 5.91 Å². The van der Waals surface area contributed by atoms with Gasteiger partial charge in [0.05, 0.1) is 11.9 Å². The molecule has 3 aromatic rings. The van der Waals surface area contributed by atoms with E-state index in [1.165, 1.54) is 0 Å². The lowest BCUT2D eigenvalue weighted by atomic mass is 10.2. The monoisotopic (exact) mass is 380 g/mol. The van der Waals surface area contributed by atoms with E-state index in [4.69, 9.17) is 11.6 Å². The zero-order valence-corrected chi connectivity index (χ0v) is 15.9. The van der Waals surface area contributed by atoms with Crippen LogP contribution in [0.3, 0.4) is 0 Å². The van der Waals surface area contributed by atoms with Crippen LogP contribution < -0.4 is 5.32 Å². The molecule has 0 atom stereocenters. The first kappa shape index (κ1) is 18.9. The number of nitrogens with zero attached hydrogens (tertiary/aromatic N) is 3. The van der Waals surface area contributed by atoms with Crippen LogP contribution in [-0.4, -0.2) is 34.4 Å². The molecule has 0 unspecified atom stereocenters. The van der Waals surface area contributed by atoms with Crippen LogP contribution in [0, 0.1) is 0 Å². The minimum atomic E-state index is -0.0956. The van der Waals surface area contributed by atoms with Crippen LogP contribution in [0.5, 0.6) is 0 Å². The molecule has 0 fully saturated rings. The number of halogens is 1. The molecular weight excluding hydrogens is 360 g/mol. The van der Waals surface area contributed by atoms with Gasteiger partial charge in [0, 0.05) is 37.6 Å². The lowest BCUT2D eigenvalue weighted by Crippen LogP contribution is -2.29. The summed E-state index contributed by atoms with van der Waals surface area (Å²) in [7, 11) is 1.79. The summed E-state index contributed by atoms with van der Waals surface area (Å²) in [5.41, 5.74) is 3.42. The normalized spacial score (nSPS) is 10.4. The average molecular weight is 381 g/mol. The van der Waals surface area contributed by atoms with E-state index in [0.717, 1.165) is 28.3 Å². The van der Waals surface area contributed by atoms with E-state index in [1.54, 1.807) is 36.6 Å². The molecule has 2 aromatic heterocycles. The summed E-state index contributed by atoms with van der Waals surface area (Å²) < 4.78 is 0. The van der Waals surface area contributed by atoms with E-state index in [9.17, 15) is 4.79 Å². The van der Waals surface area contributed by atoms with Crippen molar-refractivity contribution in [1.82, 2.24) is 14.9 Å². The van der Waals surface area contributed by atoms with E-state index >= 15 is 0 Å². The van der Waals surface area contributed by atoms with Gasteiger partial charge in [-0.1, -0.05) is 29.8 Å². The van der Waals surface area contributed by atoms with Gasteiger partial charge in [0.25, 0.3) is 5.91 Å². The Morgan fingerprint density at radius 1 is 1.11 bits per heavy atom. The molecule has 1 amide bonds. The number of hydrogen-bond donors (Lipinski definition) is 1. The molecule has 0 aliphatic carbocycles. The average Bonchev–Trinajstić information content (AvgIpc) is 2.72. The fraction of sp³-hybridized carbons (Fsp3) is 0.190. The van der Waals surface area contributed by atoms with Gasteiger partial charge in [0.2, 0.25) is 0 Å². The fourth-order valence-corrected chi connectivity index (χ4v) is 2.81. The molecule has 0 spiro atoms. The molecule has 3 rings (SSSR count). The van der Waals surface area contributed by atoms with Crippen molar-refractivity contribution in [2.75, 3.05) is 18.9 Å². The fourth-order valence-electron chi connectivity index (χ4n) is 2.61. The number of hydrogen-bond acceptors (Lipinski definition) is 4. The Balaban J connectivity index is 1.54. The number of likely N-dealkylation sites (N-methyl/N-ethyl adjacent to an activating group) is 1. The van der Waals surface area contributed by atoms with Gasteiger partial charge in [-0.2, -0.15) is 0 Å². The summed E-state index contributed by atoms with van der Waals surface area (Å²) in [6.07, 6.45) is 5.96. The van der Waals surface area contributed by atoms with Gasteiger partial charge < -0.3 is 10.2 Å². The Hall–Kier alpha value is -2.92. The highest BCUT2D eigenvalue weighted by atomic mass is 35.5. The highest BCUT2D eigenvalue weighted by molar-refractivity contribution is 6.31. The van der Waals surface area contributed by atoms with Crippen LogP contribution in [0.2, 0.25) is 5.02 Å². The Labute approximate surface area is 164 Å². The van der Waals surface area contributed by atoms with E-state index in [1.807, 2.05) is 42.5 Å². The van der Waals surface area contributed by atoms with Crippen LogP contribution in [0.15, 0.2) is 67.1 Å². The molecule has 0 bridgehead atoms. The first-order chi connectivity index (χ1) is 13.1. The zero-order valence-electron chi connectivity index (χ0n) is 15.1. The predicted octanol–water partition coefficient (Wildman–Crippen LogP) is 4.06. The van der Waals surface area contributed by atoms with Gasteiger partial charge in [-0.25, -0.2) is 4.98 Å². The third-order valence-electron chi connectivity index (χ3n) is 4.26. The Morgan fingerprint density at radius 3 is 2.59 bits per heavy atom. The molecule has 1 aromatic carbocycles. The number of carbonyl (C=O) groups is 1. The number of rotatable bonds is 7. The first-order valence-electron chi connectivity index (χ1n) is 8.71. The number of carbonyl (C=O) groups excluding carboxylic acids is 1. The molecule has 0 aliphatic heterocycles. The number of aromatic nitrogens is 2. The van der Waals surface area contributed by atoms with Crippen molar-refractivity contribution in [3.63, 3.8) is 0 Å². The summed E-state index contributed by atoms with van der Waals surface area (Å²) in [5.74, 6) is -0.0956. The summed E-state index contributed by atoms with van der Waals surface area (Å²) in [6.45, 7) is 1.22. The second-order valence-electron chi connectivity index (χ2n) is 6.21. The first-order valence-corrected chi connectivity index (χ1v) is 9.09. The number of benzene rings is 1. The Bertz CT molecular complexity index is 884. The second-order valence-corrected chi connectivity index (χ2v) is 6.62. The van der Waals surface area contributed by atoms with E-state index in [0.29, 0.717) is 18.8 Å². The molecular formula is C21H21ClN4O. The molecule has 0 saturated heterocycles. The number of pyridine rings is 2. The van der Waals surface area contributed by atoms with Gasteiger partial charge in [0.1, 0.15) is 5.69 Å². The Kier molecular flexibility index (Phi) is 6.39. The van der Waals surface area contributed by atoms with Crippen LogP contribution in [0.1, 0.15) is 21.6 Å². The van der Waals surface area contributed by atoms with Crippen LogP contribution in [-0.2, 0) is 13.0 Å². The van der Waals surface area contributed by atoms with Crippen molar-refractivity contribution >= 4 is 23.2 Å². The SMILES string of the molecule is CN(CCc1ccncc1)C(=O)c1ccc(NCc2ccccc2Cl)cn1. The molecule has 138 valence electrons. The van der Waals surface area contributed by atoms with Gasteiger partial charge in [-0.05, 0) is 47.9 Å². The predicted molar refractivity (Wildman–Crippen MR) is 108 cm³/mol. The maximum Gasteiger partial charge on any atom is 0.272 e. The lowest BCUT2D eigenvalue weighted by molar-refractivity contribution is 0.0791.